The number of methoxy groups -OCH3 is 1. The molecule has 0 spiro atoms. The summed E-state index contributed by atoms with van der Waals surface area (Å²) in [6.07, 6.45) is 0.512. The van der Waals surface area contributed by atoms with Gasteiger partial charge in [-0.15, -0.1) is 0 Å². The minimum atomic E-state index is -0.127. The smallest absolute Gasteiger partial charge is 0.306 e. The van der Waals surface area contributed by atoms with Crippen LogP contribution in [0.15, 0.2) is 0 Å². The van der Waals surface area contributed by atoms with Crippen molar-refractivity contribution in [3.8, 4) is 0 Å². The van der Waals surface area contributed by atoms with Crippen molar-refractivity contribution in [1.29, 1.82) is 0 Å². The monoisotopic (exact) mass is 176 g/mol. The highest BCUT2D eigenvalue weighted by atomic mass is 32.2. The second-order valence-corrected chi connectivity index (χ2v) is 3.76. The van der Waals surface area contributed by atoms with E-state index in [1.165, 1.54) is 7.11 Å². The molecule has 11 heavy (non-hydrogen) atoms. The summed E-state index contributed by atoms with van der Waals surface area (Å²) in [5.74, 6) is 0.721. The number of esters is 1. The van der Waals surface area contributed by atoms with Gasteiger partial charge < -0.3 is 9.47 Å². The molecule has 1 heterocycles. The molecule has 0 aliphatic carbocycles. The molecule has 0 aromatic heterocycles. The number of hydrogen-bond acceptors (Lipinski definition) is 4. The van der Waals surface area contributed by atoms with E-state index in [2.05, 4.69) is 4.74 Å². The fraction of sp³-hybridized carbons (Fsp3) is 0.857. The fourth-order valence-electron chi connectivity index (χ4n) is 0.721. The van der Waals surface area contributed by atoms with Crippen LogP contribution < -0.4 is 0 Å². The molecule has 0 N–H and O–H groups in total. The highest BCUT2D eigenvalue weighted by molar-refractivity contribution is 8.00. The second-order valence-electron chi connectivity index (χ2n) is 2.36. The van der Waals surface area contributed by atoms with Crippen molar-refractivity contribution in [2.45, 2.75) is 11.7 Å². The molecule has 64 valence electrons. The van der Waals surface area contributed by atoms with E-state index in [0.717, 1.165) is 19.0 Å². The van der Waals surface area contributed by atoms with Gasteiger partial charge in [-0.25, -0.2) is 0 Å². The standard InChI is InChI=1S/C7H12O3S/c1-9-7(8)2-3-11-6-4-10-5-6/h6H,2-5H2,1H3. The number of hydrogen-bond donors (Lipinski definition) is 0. The highest BCUT2D eigenvalue weighted by Crippen LogP contribution is 2.19. The van der Waals surface area contributed by atoms with Crippen molar-refractivity contribution in [2.75, 3.05) is 26.1 Å². The Bertz CT molecular complexity index is 134. The van der Waals surface area contributed by atoms with E-state index in [9.17, 15) is 4.79 Å². The van der Waals surface area contributed by atoms with Gasteiger partial charge in [0.15, 0.2) is 0 Å². The van der Waals surface area contributed by atoms with Crippen LogP contribution in [0.3, 0.4) is 0 Å². The largest absolute Gasteiger partial charge is 0.469 e. The van der Waals surface area contributed by atoms with Crippen LogP contribution in [0.1, 0.15) is 6.42 Å². The van der Waals surface area contributed by atoms with Gasteiger partial charge in [0.2, 0.25) is 0 Å². The van der Waals surface area contributed by atoms with E-state index >= 15 is 0 Å². The summed E-state index contributed by atoms with van der Waals surface area (Å²) in [5.41, 5.74) is 0. The molecule has 1 aliphatic heterocycles. The first-order chi connectivity index (χ1) is 5.33. The molecular weight excluding hydrogens is 164 g/mol. The molecule has 0 radical (unpaired) electrons. The third-order valence-electron chi connectivity index (χ3n) is 1.49. The SMILES string of the molecule is COC(=O)CCSC1COC1. The normalized spacial score (nSPS) is 17.5. The summed E-state index contributed by atoms with van der Waals surface area (Å²) in [4.78, 5) is 10.6. The van der Waals surface area contributed by atoms with Gasteiger partial charge in [-0.05, 0) is 0 Å². The highest BCUT2D eigenvalue weighted by Gasteiger charge is 2.18. The molecule has 3 nitrogen and oxygen atoms in total. The van der Waals surface area contributed by atoms with Gasteiger partial charge in [0.1, 0.15) is 0 Å². The van der Waals surface area contributed by atoms with Gasteiger partial charge in [0.05, 0.1) is 32.0 Å². The molecule has 0 amide bonds. The molecule has 0 unspecified atom stereocenters. The Labute approximate surface area is 70.4 Å². The molecular formula is C7H12O3S. The molecule has 1 fully saturated rings. The second kappa shape index (κ2) is 4.62. The van der Waals surface area contributed by atoms with Crippen LogP contribution in [0.25, 0.3) is 0 Å². The number of rotatable bonds is 4. The zero-order valence-corrected chi connectivity index (χ0v) is 7.36. The first-order valence-corrected chi connectivity index (χ1v) is 4.64. The maximum atomic E-state index is 10.6. The van der Waals surface area contributed by atoms with E-state index < -0.39 is 0 Å². The molecule has 1 aliphatic rings. The predicted molar refractivity (Wildman–Crippen MR) is 43.7 cm³/mol. The fourth-order valence-corrected chi connectivity index (χ4v) is 1.72. The van der Waals surface area contributed by atoms with Gasteiger partial charge in [0.25, 0.3) is 0 Å². The molecule has 0 aromatic carbocycles. The zero-order valence-electron chi connectivity index (χ0n) is 6.54. The lowest BCUT2D eigenvalue weighted by Crippen LogP contribution is -2.30. The topological polar surface area (TPSA) is 35.5 Å². The van der Waals surface area contributed by atoms with Crippen LogP contribution in [0.5, 0.6) is 0 Å². The van der Waals surface area contributed by atoms with Crippen molar-refractivity contribution in [3.63, 3.8) is 0 Å². The van der Waals surface area contributed by atoms with E-state index in [1.54, 1.807) is 11.8 Å². The van der Waals surface area contributed by atoms with E-state index in [0.29, 0.717) is 11.7 Å². The van der Waals surface area contributed by atoms with Crippen LogP contribution in [0.2, 0.25) is 0 Å². The third kappa shape index (κ3) is 3.12. The van der Waals surface area contributed by atoms with E-state index in [1.807, 2.05) is 0 Å². The zero-order chi connectivity index (χ0) is 8.10. The van der Waals surface area contributed by atoms with Gasteiger partial charge in [-0.2, -0.15) is 11.8 Å². The van der Waals surface area contributed by atoms with Gasteiger partial charge in [-0.1, -0.05) is 0 Å². The van der Waals surface area contributed by atoms with Crippen LogP contribution >= 0.6 is 11.8 Å². The summed E-state index contributed by atoms with van der Waals surface area (Å²) >= 11 is 1.78. The summed E-state index contributed by atoms with van der Waals surface area (Å²) in [7, 11) is 1.42. The molecule has 1 saturated heterocycles. The average molecular weight is 176 g/mol. The first kappa shape index (κ1) is 8.87. The first-order valence-electron chi connectivity index (χ1n) is 3.59. The molecule has 0 atom stereocenters. The van der Waals surface area contributed by atoms with Crippen molar-refractivity contribution < 1.29 is 14.3 Å². The van der Waals surface area contributed by atoms with Crippen molar-refractivity contribution in [3.05, 3.63) is 0 Å². The van der Waals surface area contributed by atoms with Crippen LogP contribution in [-0.4, -0.2) is 37.3 Å². The number of carbonyl (C=O) groups is 1. The maximum Gasteiger partial charge on any atom is 0.306 e. The molecule has 0 bridgehead atoms. The maximum absolute atomic E-state index is 10.6. The molecule has 0 aromatic rings. The van der Waals surface area contributed by atoms with Gasteiger partial charge in [-0.3, -0.25) is 4.79 Å². The van der Waals surface area contributed by atoms with E-state index in [4.69, 9.17) is 4.74 Å². The predicted octanol–water partition coefficient (Wildman–Crippen LogP) is 0.681. The minimum Gasteiger partial charge on any atom is -0.469 e. The Kier molecular flexibility index (Phi) is 3.72. The van der Waals surface area contributed by atoms with Gasteiger partial charge in [0, 0.05) is 5.75 Å². The van der Waals surface area contributed by atoms with E-state index in [-0.39, 0.29) is 5.97 Å². The third-order valence-corrected chi connectivity index (χ3v) is 2.68. The van der Waals surface area contributed by atoms with Crippen LogP contribution in [-0.2, 0) is 14.3 Å². The Morgan fingerprint density at radius 3 is 2.91 bits per heavy atom. The summed E-state index contributed by atoms with van der Waals surface area (Å²) in [5, 5.41) is 0.611. The van der Waals surface area contributed by atoms with Crippen molar-refractivity contribution >= 4 is 17.7 Å². The lowest BCUT2D eigenvalue weighted by molar-refractivity contribution is -0.140. The summed E-state index contributed by atoms with van der Waals surface area (Å²) in [6.45, 7) is 1.68. The molecule has 0 saturated carbocycles. The van der Waals surface area contributed by atoms with Crippen LogP contribution in [0.4, 0.5) is 0 Å². The van der Waals surface area contributed by atoms with Crippen molar-refractivity contribution in [2.24, 2.45) is 0 Å². The number of ether oxygens (including phenoxy) is 2. The molecule has 4 heteroatoms. The average Bonchev–Trinajstić information content (AvgIpc) is 1.94. The lowest BCUT2D eigenvalue weighted by Gasteiger charge is -2.24. The Morgan fingerprint density at radius 1 is 1.73 bits per heavy atom. The Hall–Kier alpha value is -0.220. The Morgan fingerprint density at radius 2 is 2.45 bits per heavy atom. The van der Waals surface area contributed by atoms with Gasteiger partial charge >= 0.3 is 5.97 Å². The number of thioether (sulfide) groups is 1. The number of carbonyl (C=O) groups excluding carboxylic acids is 1. The van der Waals surface area contributed by atoms with Crippen LogP contribution in [0, 0.1) is 0 Å². The quantitative estimate of drug-likeness (QED) is 0.590. The molecule has 1 rings (SSSR count). The lowest BCUT2D eigenvalue weighted by atomic mass is 10.4. The van der Waals surface area contributed by atoms with Crippen molar-refractivity contribution in [1.82, 2.24) is 0 Å². The summed E-state index contributed by atoms with van der Waals surface area (Å²) < 4.78 is 9.48. The Balaban J connectivity index is 1.90. The minimum absolute atomic E-state index is 0.127. The summed E-state index contributed by atoms with van der Waals surface area (Å²) in [6, 6.07) is 0.